The smallest absolute Gasteiger partial charge is 0.258 e. The largest absolute Gasteiger partial charge is 0.496 e. The van der Waals surface area contributed by atoms with E-state index >= 15 is 0 Å². The Hall–Kier alpha value is -1.72. The van der Waals surface area contributed by atoms with Crippen molar-refractivity contribution in [3.8, 4) is 11.5 Å². The molecule has 2 rings (SSSR count). The average molecular weight is 385 g/mol. The lowest BCUT2D eigenvalue weighted by Crippen LogP contribution is -2.28. The number of rotatable bonds is 6. The number of amides is 1. The second-order valence-corrected chi connectivity index (χ2v) is 5.77. The monoisotopic (exact) mass is 383 g/mol. The molecule has 22 heavy (non-hydrogen) atoms. The minimum Gasteiger partial charge on any atom is -0.496 e. The zero-order valence-corrected chi connectivity index (χ0v) is 14.3. The minimum absolute atomic E-state index is 0.106. The van der Waals surface area contributed by atoms with Crippen LogP contribution in [0.3, 0.4) is 0 Å². The molecular weight excluding hydrogens is 370 g/mol. The first-order valence-electron chi connectivity index (χ1n) is 6.56. The summed E-state index contributed by atoms with van der Waals surface area (Å²) in [7, 11) is 1.60. The number of halogens is 2. The van der Waals surface area contributed by atoms with Crippen LogP contribution < -0.4 is 14.8 Å². The topological polar surface area (TPSA) is 47.6 Å². The molecule has 0 saturated carbocycles. The number of para-hydroxylation sites is 1. The van der Waals surface area contributed by atoms with Gasteiger partial charge in [-0.1, -0.05) is 45.7 Å². The van der Waals surface area contributed by atoms with Crippen LogP contribution in [0.2, 0.25) is 5.02 Å². The number of benzene rings is 2. The Morgan fingerprint density at radius 2 is 2.00 bits per heavy atom. The Morgan fingerprint density at radius 3 is 2.77 bits per heavy atom. The molecule has 0 aliphatic rings. The number of hydrogen-bond donors (Lipinski definition) is 1. The van der Waals surface area contributed by atoms with E-state index in [1.165, 1.54) is 0 Å². The predicted octanol–water partition coefficient (Wildman–Crippen LogP) is 3.81. The Balaban J connectivity index is 1.87. The lowest BCUT2D eigenvalue weighted by Gasteiger charge is -2.11. The molecule has 0 aliphatic heterocycles. The van der Waals surface area contributed by atoms with Crippen LogP contribution in [0.25, 0.3) is 0 Å². The van der Waals surface area contributed by atoms with Crippen molar-refractivity contribution in [2.45, 2.75) is 6.54 Å². The molecule has 0 spiro atoms. The fraction of sp³-hybridized carbons (Fsp3) is 0.188. The number of nitrogens with one attached hydrogen (secondary N) is 1. The number of hydrogen-bond acceptors (Lipinski definition) is 3. The van der Waals surface area contributed by atoms with E-state index in [1.807, 2.05) is 24.3 Å². The molecule has 4 nitrogen and oxygen atoms in total. The van der Waals surface area contributed by atoms with Gasteiger partial charge in [-0.05, 0) is 24.3 Å². The van der Waals surface area contributed by atoms with Gasteiger partial charge in [-0.15, -0.1) is 0 Å². The zero-order chi connectivity index (χ0) is 15.9. The van der Waals surface area contributed by atoms with Crippen molar-refractivity contribution in [3.63, 3.8) is 0 Å². The molecule has 6 heteroatoms. The summed E-state index contributed by atoms with van der Waals surface area (Å²) in [5, 5.41) is 3.24. The van der Waals surface area contributed by atoms with Crippen molar-refractivity contribution < 1.29 is 14.3 Å². The van der Waals surface area contributed by atoms with Crippen LogP contribution in [0.4, 0.5) is 0 Å². The summed E-state index contributed by atoms with van der Waals surface area (Å²) in [6, 6.07) is 12.7. The molecule has 0 aliphatic carbocycles. The van der Waals surface area contributed by atoms with E-state index in [4.69, 9.17) is 21.1 Å². The molecular formula is C16H15BrClNO3. The fourth-order valence-corrected chi connectivity index (χ4v) is 2.34. The molecule has 0 radical (unpaired) electrons. The molecule has 0 heterocycles. The van der Waals surface area contributed by atoms with Crippen molar-refractivity contribution in [3.05, 3.63) is 57.5 Å². The van der Waals surface area contributed by atoms with E-state index in [-0.39, 0.29) is 12.5 Å². The van der Waals surface area contributed by atoms with Gasteiger partial charge in [0.25, 0.3) is 5.91 Å². The third-order valence-corrected chi connectivity index (χ3v) is 3.73. The highest BCUT2D eigenvalue weighted by atomic mass is 79.9. The van der Waals surface area contributed by atoms with E-state index in [1.54, 1.807) is 25.3 Å². The average Bonchev–Trinajstić information content (AvgIpc) is 2.54. The molecule has 0 unspecified atom stereocenters. The van der Waals surface area contributed by atoms with Crippen LogP contribution in [0.1, 0.15) is 5.56 Å². The van der Waals surface area contributed by atoms with E-state index in [0.717, 1.165) is 15.8 Å². The number of methoxy groups -OCH3 is 1. The fourth-order valence-electron chi connectivity index (χ4n) is 1.82. The maximum atomic E-state index is 11.9. The summed E-state index contributed by atoms with van der Waals surface area (Å²) < 4.78 is 11.5. The summed E-state index contributed by atoms with van der Waals surface area (Å²) >= 11 is 9.33. The third kappa shape index (κ3) is 4.64. The first kappa shape index (κ1) is 16.6. The highest BCUT2D eigenvalue weighted by Gasteiger charge is 2.08. The molecule has 0 aromatic heterocycles. The summed E-state index contributed by atoms with van der Waals surface area (Å²) in [5.74, 6) is 0.962. The van der Waals surface area contributed by atoms with Crippen LogP contribution >= 0.6 is 27.5 Å². The van der Waals surface area contributed by atoms with Crippen molar-refractivity contribution >= 4 is 33.4 Å². The Bertz CT molecular complexity index is 664. The normalized spacial score (nSPS) is 10.1. The van der Waals surface area contributed by atoms with E-state index in [2.05, 4.69) is 21.2 Å². The van der Waals surface area contributed by atoms with Gasteiger partial charge in [0.2, 0.25) is 0 Å². The number of carbonyl (C=O) groups is 1. The maximum absolute atomic E-state index is 11.9. The molecule has 1 amide bonds. The van der Waals surface area contributed by atoms with E-state index in [9.17, 15) is 4.79 Å². The van der Waals surface area contributed by atoms with Crippen LogP contribution in [-0.4, -0.2) is 19.6 Å². The van der Waals surface area contributed by atoms with E-state index < -0.39 is 0 Å². The van der Waals surface area contributed by atoms with Gasteiger partial charge in [0.1, 0.15) is 11.5 Å². The lowest BCUT2D eigenvalue weighted by molar-refractivity contribution is -0.123. The molecule has 0 saturated heterocycles. The van der Waals surface area contributed by atoms with E-state index in [0.29, 0.717) is 17.3 Å². The van der Waals surface area contributed by atoms with Gasteiger partial charge in [0.15, 0.2) is 6.61 Å². The molecule has 1 N–H and O–H groups in total. The van der Waals surface area contributed by atoms with Gasteiger partial charge in [-0.2, -0.15) is 0 Å². The Kier molecular flexibility index (Phi) is 6.10. The van der Waals surface area contributed by atoms with Gasteiger partial charge in [0.05, 0.1) is 12.1 Å². The van der Waals surface area contributed by atoms with Gasteiger partial charge in [-0.3, -0.25) is 4.79 Å². The summed E-state index contributed by atoms with van der Waals surface area (Å²) in [4.78, 5) is 11.9. The molecule has 0 atom stereocenters. The number of carbonyl (C=O) groups excluding carboxylic acids is 1. The highest BCUT2D eigenvalue weighted by Crippen LogP contribution is 2.27. The molecule has 0 bridgehead atoms. The lowest BCUT2D eigenvalue weighted by atomic mass is 10.2. The van der Waals surface area contributed by atoms with Crippen LogP contribution in [0.5, 0.6) is 11.5 Å². The van der Waals surface area contributed by atoms with Crippen LogP contribution in [-0.2, 0) is 11.3 Å². The summed E-state index contributed by atoms with van der Waals surface area (Å²) in [6.07, 6.45) is 0. The number of ether oxygens (including phenoxy) is 2. The summed E-state index contributed by atoms with van der Waals surface area (Å²) in [5.41, 5.74) is 0.902. The van der Waals surface area contributed by atoms with Gasteiger partial charge >= 0.3 is 0 Å². The Morgan fingerprint density at radius 1 is 1.23 bits per heavy atom. The second kappa shape index (κ2) is 8.06. The maximum Gasteiger partial charge on any atom is 0.258 e. The Labute approximate surface area is 142 Å². The standard InChI is InChI=1S/C16H15BrClNO3/c1-21-14-5-3-2-4-11(14)9-19-16(20)10-22-15-8-12(17)6-7-13(15)18/h2-8H,9-10H2,1H3,(H,19,20). The van der Waals surface area contributed by atoms with Gasteiger partial charge in [0, 0.05) is 16.6 Å². The molecule has 116 valence electrons. The first-order chi connectivity index (χ1) is 10.6. The molecule has 0 fully saturated rings. The highest BCUT2D eigenvalue weighted by molar-refractivity contribution is 9.10. The quantitative estimate of drug-likeness (QED) is 0.824. The van der Waals surface area contributed by atoms with Crippen molar-refractivity contribution in [2.24, 2.45) is 0 Å². The zero-order valence-electron chi connectivity index (χ0n) is 11.9. The molecule has 2 aromatic carbocycles. The minimum atomic E-state index is -0.234. The first-order valence-corrected chi connectivity index (χ1v) is 7.73. The van der Waals surface area contributed by atoms with Crippen molar-refractivity contribution in [2.75, 3.05) is 13.7 Å². The third-order valence-electron chi connectivity index (χ3n) is 2.92. The SMILES string of the molecule is COc1ccccc1CNC(=O)COc1cc(Br)ccc1Cl. The van der Waals surface area contributed by atoms with Crippen molar-refractivity contribution in [1.29, 1.82) is 0 Å². The van der Waals surface area contributed by atoms with Crippen LogP contribution in [0, 0.1) is 0 Å². The summed E-state index contributed by atoms with van der Waals surface area (Å²) in [6.45, 7) is 0.268. The predicted molar refractivity (Wildman–Crippen MR) is 89.5 cm³/mol. The second-order valence-electron chi connectivity index (χ2n) is 4.45. The van der Waals surface area contributed by atoms with Gasteiger partial charge in [-0.25, -0.2) is 0 Å². The van der Waals surface area contributed by atoms with Gasteiger partial charge < -0.3 is 14.8 Å². The molecule has 2 aromatic rings. The van der Waals surface area contributed by atoms with Crippen LogP contribution in [0.15, 0.2) is 46.9 Å². The van der Waals surface area contributed by atoms with Crippen molar-refractivity contribution in [1.82, 2.24) is 5.32 Å².